The third-order valence-electron chi connectivity index (χ3n) is 9.89. The largest absolute Gasteiger partial charge is 0.465 e. The monoisotopic (exact) mass is 842 g/mol. The van der Waals surface area contributed by atoms with Crippen molar-refractivity contribution in [2.75, 3.05) is 37.7 Å². The van der Waals surface area contributed by atoms with Crippen LogP contribution in [-0.4, -0.2) is 96.2 Å². The number of ether oxygens (including phenoxy) is 3. The molecule has 0 spiro atoms. The van der Waals surface area contributed by atoms with E-state index in [-0.39, 0.29) is 31.7 Å². The number of rotatable bonds is 18. The number of anilines is 1. The Morgan fingerprint density at radius 3 is 1.86 bits per heavy atom. The van der Waals surface area contributed by atoms with Gasteiger partial charge in [0.1, 0.15) is 18.7 Å². The molecule has 13 heteroatoms. The van der Waals surface area contributed by atoms with E-state index in [0.717, 1.165) is 37.2 Å². The van der Waals surface area contributed by atoms with Crippen molar-refractivity contribution >= 4 is 45.6 Å². The highest BCUT2D eigenvalue weighted by molar-refractivity contribution is 9.10. The van der Waals surface area contributed by atoms with Crippen LogP contribution in [0.4, 0.5) is 15.3 Å². The van der Waals surface area contributed by atoms with Gasteiger partial charge >= 0.3 is 12.2 Å². The van der Waals surface area contributed by atoms with Crippen molar-refractivity contribution in [2.45, 2.75) is 71.6 Å². The van der Waals surface area contributed by atoms with Gasteiger partial charge in [-0.3, -0.25) is 14.5 Å². The number of amides is 4. The van der Waals surface area contributed by atoms with E-state index in [0.29, 0.717) is 18.9 Å². The maximum Gasteiger partial charge on any atom is 0.408 e. The topological polar surface area (TPSA) is 138 Å². The molecule has 57 heavy (non-hydrogen) atoms. The number of nitrogens with one attached hydrogen (secondary N) is 1. The Hall–Kier alpha value is -5.24. The second-order valence-corrected chi connectivity index (χ2v) is 14.9. The van der Waals surface area contributed by atoms with Crippen LogP contribution in [0.15, 0.2) is 108 Å². The number of nitrogens with zero attached hydrogens (tertiary/aromatic N) is 3. The molecule has 0 aromatic heterocycles. The summed E-state index contributed by atoms with van der Waals surface area (Å²) in [6.07, 6.45) is -2.90. The molecule has 302 valence electrons. The van der Waals surface area contributed by atoms with E-state index in [9.17, 15) is 19.5 Å². The van der Waals surface area contributed by atoms with Crippen LogP contribution in [0.2, 0.25) is 0 Å². The third-order valence-corrected chi connectivity index (χ3v) is 10.4. The summed E-state index contributed by atoms with van der Waals surface area (Å²) in [6, 6.07) is 28.7. The average molecular weight is 844 g/mol. The second-order valence-electron chi connectivity index (χ2n) is 14.0. The van der Waals surface area contributed by atoms with Crippen LogP contribution in [0, 0.1) is 0 Å². The minimum absolute atomic E-state index is 0.00196. The van der Waals surface area contributed by atoms with E-state index in [1.165, 1.54) is 4.90 Å². The SMILES string of the molecule is CCOC(CN(C(=O)C(C)N(C(=O)C(CN(CC1c2ccccc2-c2ccccc21)C(=O)O)NC(=O)OCc1ccccc1)c1ccc(Br)cc1)C(C)C)OCC. The average Bonchev–Trinajstić information content (AvgIpc) is 3.52. The number of fused-ring (bicyclic) bond motifs is 3. The maximum atomic E-state index is 15.1. The number of benzene rings is 4. The summed E-state index contributed by atoms with van der Waals surface area (Å²) in [5.41, 5.74) is 5.04. The molecule has 0 aliphatic heterocycles. The van der Waals surface area contributed by atoms with Crippen molar-refractivity contribution in [3.8, 4) is 11.1 Å². The molecule has 0 saturated carbocycles. The number of alkyl carbamates (subject to hydrolysis) is 1. The molecule has 0 heterocycles. The molecule has 0 bridgehead atoms. The third kappa shape index (κ3) is 10.8. The van der Waals surface area contributed by atoms with Gasteiger partial charge in [0.15, 0.2) is 6.29 Å². The summed E-state index contributed by atoms with van der Waals surface area (Å²) >= 11 is 3.46. The van der Waals surface area contributed by atoms with E-state index < -0.39 is 48.9 Å². The van der Waals surface area contributed by atoms with Crippen molar-refractivity contribution in [3.05, 3.63) is 124 Å². The van der Waals surface area contributed by atoms with Crippen molar-refractivity contribution < 1.29 is 38.5 Å². The normalized spacial score (nSPS) is 13.1. The number of hydrogen-bond acceptors (Lipinski definition) is 7. The van der Waals surface area contributed by atoms with Crippen LogP contribution in [0.3, 0.4) is 0 Å². The van der Waals surface area contributed by atoms with Gasteiger partial charge in [0.05, 0.1) is 13.1 Å². The molecule has 5 rings (SSSR count). The summed E-state index contributed by atoms with van der Waals surface area (Å²) in [5, 5.41) is 13.4. The first-order valence-corrected chi connectivity index (χ1v) is 20.0. The highest BCUT2D eigenvalue weighted by Crippen LogP contribution is 2.44. The van der Waals surface area contributed by atoms with Gasteiger partial charge in [-0.05, 0) is 86.7 Å². The van der Waals surface area contributed by atoms with Crippen LogP contribution >= 0.6 is 15.9 Å². The van der Waals surface area contributed by atoms with E-state index in [1.54, 1.807) is 48.2 Å². The van der Waals surface area contributed by atoms with Crippen LogP contribution in [-0.2, 0) is 30.4 Å². The molecule has 2 N–H and O–H groups in total. The smallest absolute Gasteiger partial charge is 0.408 e. The minimum atomic E-state index is -1.47. The summed E-state index contributed by atoms with van der Waals surface area (Å²) in [6.45, 7) is 9.35. The van der Waals surface area contributed by atoms with Crippen LogP contribution < -0.4 is 10.2 Å². The summed E-state index contributed by atoms with van der Waals surface area (Å²) in [7, 11) is 0. The summed E-state index contributed by atoms with van der Waals surface area (Å²) < 4.78 is 17.8. The molecular weight excluding hydrogens is 792 g/mol. The minimum Gasteiger partial charge on any atom is -0.465 e. The van der Waals surface area contributed by atoms with E-state index in [1.807, 2.05) is 94.4 Å². The number of carboxylic acid groups (broad SMARTS) is 1. The van der Waals surface area contributed by atoms with Crippen LogP contribution in [0.1, 0.15) is 57.2 Å². The Kier molecular flexibility index (Phi) is 15.2. The van der Waals surface area contributed by atoms with Gasteiger partial charge in [0.25, 0.3) is 5.91 Å². The molecule has 1 aliphatic rings. The lowest BCUT2D eigenvalue weighted by Crippen LogP contribution is -2.60. The highest BCUT2D eigenvalue weighted by atomic mass is 79.9. The zero-order valence-corrected chi connectivity index (χ0v) is 34.6. The fourth-order valence-corrected chi connectivity index (χ4v) is 7.39. The number of carbonyl (C=O) groups excluding carboxylic acids is 3. The van der Waals surface area contributed by atoms with Gasteiger partial charge in [-0.15, -0.1) is 0 Å². The van der Waals surface area contributed by atoms with Crippen molar-refractivity contribution in [1.82, 2.24) is 15.1 Å². The lowest BCUT2D eigenvalue weighted by molar-refractivity contribution is -0.162. The maximum absolute atomic E-state index is 15.1. The van der Waals surface area contributed by atoms with Gasteiger partial charge in [0.2, 0.25) is 5.91 Å². The highest BCUT2D eigenvalue weighted by Gasteiger charge is 2.39. The van der Waals surface area contributed by atoms with Crippen molar-refractivity contribution in [3.63, 3.8) is 0 Å². The fraction of sp³-hybridized carbons (Fsp3) is 0.364. The van der Waals surface area contributed by atoms with Gasteiger partial charge < -0.3 is 34.4 Å². The molecule has 0 radical (unpaired) electrons. The number of halogens is 1. The Balaban J connectivity index is 1.51. The molecule has 2 atom stereocenters. The molecular formula is C44H51BrN4O8. The van der Waals surface area contributed by atoms with Gasteiger partial charge in [-0.25, -0.2) is 9.59 Å². The van der Waals surface area contributed by atoms with Gasteiger partial charge in [-0.2, -0.15) is 0 Å². The van der Waals surface area contributed by atoms with Crippen LogP contribution in [0.5, 0.6) is 0 Å². The standard InChI is InChI=1S/C44H51BrN4O8/c1-6-55-40(56-7-2)27-48(29(3)4)41(50)30(5)49(33-23-21-32(45)22-24-33)42(51)39(46-43(52)57-28-31-15-9-8-10-16-31)26-47(44(53)54)25-38-36-19-13-11-17-34(36)35-18-12-14-20-37(35)38/h8-24,29-30,38-40H,6-7,25-28H2,1-5H3,(H,46,52)(H,53,54). The molecule has 2 unspecified atom stereocenters. The quantitative estimate of drug-likeness (QED) is 0.0966. The molecule has 1 aliphatic carbocycles. The second kappa shape index (κ2) is 20.3. The Morgan fingerprint density at radius 1 is 0.754 bits per heavy atom. The molecule has 0 fully saturated rings. The molecule has 4 amide bonds. The lowest BCUT2D eigenvalue weighted by atomic mass is 9.96. The van der Waals surface area contributed by atoms with Crippen molar-refractivity contribution in [1.29, 1.82) is 0 Å². The first-order valence-electron chi connectivity index (χ1n) is 19.2. The summed E-state index contributed by atoms with van der Waals surface area (Å²) in [5.74, 6) is -1.44. The van der Waals surface area contributed by atoms with Gasteiger partial charge in [0, 0.05) is 41.9 Å². The predicted octanol–water partition coefficient (Wildman–Crippen LogP) is 7.89. The zero-order valence-electron chi connectivity index (χ0n) is 33.0. The Morgan fingerprint density at radius 2 is 1.32 bits per heavy atom. The fourth-order valence-electron chi connectivity index (χ4n) is 7.12. The van der Waals surface area contributed by atoms with Crippen molar-refractivity contribution in [2.24, 2.45) is 0 Å². The van der Waals surface area contributed by atoms with E-state index in [2.05, 4.69) is 21.2 Å². The first kappa shape index (κ1) is 42.9. The molecule has 4 aromatic rings. The zero-order chi connectivity index (χ0) is 41.1. The Labute approximate surface area is 342 Å². The first-order chi connectivity index (χ1) is 27.4. The van der Waals surface area contributed by atoms with E-state index in [4.69, 9.17) is 14.2 Å². The number of hydrogen-bond donors (Lipinski definition) is 2. The van der Waals surface area contributed by atoms with Crippen LogP contribution in [0.25, 0.3) is 11.1 Å². The number of carbonyl (C=O) groups is 4. The summed E-state index contributed by atoms with van der Waals surface area (Å²) in [4.78, 5) is 60.3. The van der Waals surface area contributed by atoms with E-state index >= 15 is 4.79 Å². The lowest BCUT2D eigenvalue weighted by Gasteiger charge is -2.38. The molecule has 4 aromatic carbocycles. The predicted molar refractivity (Wildman–Crippen MR) is 222 cm³/mol. The molecule has 0 saturated heterocycles. The van der Waals surface area contributed by atoms with Gasteiger partial charge in [-0.1, -0.05) is 94.8 Å². The molecule has 12 nitrogen and oxygen atoms in total. The Bertz CT molecular complexity index is 1930.